The van der Waals surface area contributed by atoms with Crippen molar-refractivity contribution in [2.45, 2.75) is 39.7 Å². The van der Waals surface area contributed by atoms with E-state index in [4.69, 9.17) is 9.84 Å². The van der Waals surface area contributed by atoms with Gasteiger partial charge in [0.1, 0.15) is 0 Å². The first-order valence-corrected chi connectivity index (χ1v) is 5.63. The van der Waals surface area contributed by atoms with E-state index >= 15 is 0 Å². The van der Waals surface area contributed by atoms with Gasteiger partial charge in [-0.25, -0.2) is 9.48 Å². The van der Waals surface area contributed by atoms with Crippen LogP contribution < -0.4 is 0 Å². The molecule has 0 unspecified atom stereocenters. The molecule has 0 spiro atoms. The quantitative estimate of drug-likeness (QED) is 0.786. The molecule has 0 saturated carbocycles. The van der Waals surface area contributed by atoms with E-state index in [9.17, 15) is 4.79 Å². The fourth-order valence-corrected chi connectivity index (χ4v) is 1.65. The average molecular weight is 241 g/mol. The molecule has 0 aromatic carbocycles. The Morgan fingerprint density at radius 3 is 2.59 bits per heavy atom. The fraction of sp³-hybridized carbons (Fsp3) is 0.727. The van der Waals surface area contributed by atoms with Gasteiger partial charge in [-0.05, 0) is 6.92 Å². The molecular weight excluding hydrogens is 222 g/mol. The van der Waals surface area contributed by atoms with Gasteiger partial charge >= 0.3 is 5.97 Å². The van der Waals surface area contributed by atoms with E-state index in [1.54, 1.807) is 4.68 Å². The minimum absolute atomic E-state index is 0.0222. The summed E-state index contributed by atoms with van der Waals surface area (Å²) < 4.78 is 6.85. The molecule has 0 amide bonds. The van der Waals surface area contributed by atoms with Gasteiger partial charge in [0, 0.05) is 12.0 Å². The van der Waals surface area contributed by atoms with Gasteiger partial charge in [-0.1, -0.05) is 26.0 Å². The van der Waals surface area contributed by atoms with E-state index in [1.165, 1.54) is 0 Å². The van der Waals surface area contributed by atoms with Crippen molar-refractivity contribution in [2.24, 2.45) is 0 Å². The molecule has 1 N–H and O–H groups in total. The molecule has 0 aliphatic carbocycles. The second-order valence-corrected chi connectivity index (χ2v) is 4.76. The van der Waals surface area contributed by atoms with Gasteiger partial charge in [0.05, 0.1) is 18.8 Å². The van der Waals surface area contributed by atoms with Crippen molar-refractivity contribution in [2.75, 3.05) is 13.2 Å². The molecule has 1 aromatic heterocycles. The second kappa shape index (κ2) is 5.27. The largest absolute Gasteiger partial charge is 0.476 e. The molecule has 0 aliphatic rings. The third kappa shape index (κ3) is 3.26. The van der Waals surface area contributed by atoms with Gasteiger partial charge < -0.3 is 9.84 Å². The SMILES string of the molecule is CCOCCn1nnc(C(=O)O)c1C(C)(C)C. The lowest BCUT2D eigenvalue weighted by Crippen LogP contribution is -2.23. The molecule has 0 saturated heterocycles. The lowest BCUT2D eigenvalue weighted by Gasteiger charge is -2.20. The zero-order chi connectivity index (χ0) is 13.1. The summed E-state index contributed by atoms with van der Waals surface area (Å²) in [5.74, 6) is -1.04. The van der Waals surface area contributed by atoms with E-state index in [1.807, 2.05) is 27.7 Å². The zero-order valence-electron chi connectivity index (χ0n) is 10.7. The van der Waals surface area contributed by atoms with E-state index in [-0.39, 0.29) is 11.1 Å². The summed E-state index contributed by atoms with van der Waals surface area (Å²) in [6.45, 7) is 9.38. The number of ether oxygens (including phenoxy) is 1. The Labute approximate surface area is 101 Å². The summed E-state index contributed by atoms with van der Waals surface area (Å²) in [6, 6.07) is 0. The van der Waals surface area contributed by atoms with Crippen LogP contribution in [0.15, 0.2) is 0 Å². The highest BCUT2D eigenvalue weighted by Crippen LogP contribution is 2.24. The maximum absolute atomic E-state index is 11.1. The highest BCUT2D eigenvalue weighted by molar-refractivity contribution is 5.86. The van der Waals surface area contributed by atoms with Crippen LogP contribution in [0.1, 0.15) is 43.9 Å². The number of carbonyl (C=O) groups is 1. The summed E-state index contributed by atoms with van der Waals surface area (Å²) in [6.07, 6.45) is 0. The Morgan fingerprint density at radius 1 is 1.47 bits per heavy atom. The lowest BCUT2D eigenvalue weighted by atomic mass is 9.90. The number of rotatable bonds is 5. The molecule has 17 heavy (non-hydrogen) atoms. The molecule has 0 atom stereocenters. The monoisotopic (exact) mass is 241 g/mol. The first-order chi connectivity index (χ1) is 7.88. The van der Waals surface area contributed by atoms with E-state index in [0.29, 0.717) is 25.5 Å². The zero-order valence-corrected chi connectivity index (χ0v) is 10.7. The third-order valence-corrected chi connectivity index (χ3v) is 2.30. The first kappa shape index (κ1) is 13.6. The predicted molar refractivity (Wildman–Crippen MR) is 62.2 cm³/mol. The second-order valence-electron chi connectivity index (χ2n) is 4.76. The van der Waals surface area contributed by atoms with Crippen LogP contribution >= 0.6 is 0 Å². The van der Waals surface area contributed by atoms with Crippen LogP contribution in [-0.4, -0.2) is 39.3 Å². The van der Waals surface area contributed by atoms with Gasteiger partial charge in [0.2, 0.25) is 0 Å². The molecule has 1 aromatic rings. The summed E-state index contributed by atoms with van der Waals surface area (Å²) in [7, 11) is 0. The first-order valence-electron chi connectivity index (χ1n) is 5.63. The van der Waals surface area contributed by atoms with Gasteiger partial charge in [-0.3, -0.25) is 0 Å². The van der Waals surface area contributed by atoms with Crippen molar-refractivity contribution in [3.8, 4) is 0 Å². The average Bonchev–Trinajstić information content (AvgIpc) is 2.61. The smallest absolute Gasteiger partial charge is 0.358 e. The molecule has 0 fully saturated rings. The Bertz CT molecular complexity index is 393. The van der Waals surface area contributed by atoms with Crippen molar-refractivity contribution >= 4 is 5.97 Å². The van der Waals surface area contributed by atoms with Crippen molar-refractivity contribution < 1.29 is 14.6 Å². The lowest BCUT2D eigenvalue weighted by molar-refractivity contribution is 0.0687. The van der Waals surface area contributed by atoms with Crippen LogP contribution in [-0.2, 0) is 16.7 Å². The minimum Gasteiger partial charge on any atom is -0.476 e. The van der Waals surface area contributed by atoms with Crippen molar-refractivity contribution in [3.63, 3.8) is 0 Å². The van der Waals surface area contributed by atoms with E-state index in [0.717, 1.165) is 0 Å². The van der Waals surface area contributed by atoms with Crippen LogP contribution in [0.3, 0.4) is 0 Å². The number of hydrogen-bond acceptors (Lipinski definition) is 4. The molecule has 96 valence electrons. The molecule has 6 heteroatoms. The maximum atomic E-state index is 11.1. The number of aromatic carboxylic acids is 1. The van der Waals surface area contributed by atoms with Crippen LogP contribution in [0, 0.1) is 0 Å². The standard InChI is InChI=1S/C11H19N3O3/c1-5-17-7-6-14-9(11(2,3)4)8(10(15)16)12-13-14/h5-7H2,1-4H3,(H,15,16). The Hall–Kier alpha value is -1.43. The number of nitrogens with zero attached hydrogens (tertiary/aromatic N) is 3. The molecule has 0 aliphatic heterocycles. The van der Waals surface area contributed by atoms with Crippen LogP contribution in [0.4, 0.5) is 0 Å². The molecule has 6 nitrogen and oxygen atoms in total. The van der Waals surface area contributed by atoms with Gasteiger partial charge in [-0.15, -0.1) is 5.10 Å². The number of carboxylic acids is 1. The number of hydrogen-bond donors (Lipinski definition) is 1. The molecule has 1 rings (SSSR count). The predicted octanol–water partition coefficient (Wildman–Crippen LogP) is 1.31. The van der Waals surface area contributed by atoms with Gasteiger partial charge in [-0.2, -0.15) is 0 Å². The molecule has 0 bridgehead atoms. The highest BCUT2D eigenvalue weighted by Gasteiger charge is 2.28. The Morgan fingerprint density at radius 2 is 2.12 bits per heavy atom. The topological polar surface area (TPSA) is 77.2 Å². The summed E-state index contributed by atoms with van der Waals surface area (Å²) in [4.78, 5) is 11.1. The molecule has 1 heterocycles. The van der Waals surface area contributed by atoms with Crippen molar-refractivity contribution in [1.82, 2.24) is 15.0 Å². The number of aromatic nitrogens is 3. The Kier molecular flexibility index (Phi) is 4.22. The molecule has 0 radical (unpaired) electrons. The van der Waals surface area contributed by atoms with Crippen LogP contribution in [0.5, 0.6) is 0 Å². The summed E-state index contributed by atoms with van der Waals surface area (Å²) in [5.41, 5.74) is 0.336. The van der Waals surface area contributed by atoms with E-state index < -0.39 is 5.97 Å². The van der Waals surface area contributed by atoms with Gasteiger partial charge in [0.25, 0.3) is 0 Å². The molecular formula is C11H19N3O3. The Balaban J connectivity index is 3.01. The summed E-state index contributed by atoms with van der Waals surface area (Å²) >= 11 is 0. The minimum atomic E-state index is -1.04. The van der Waals surface area contributed by atoms with Crippen LogP contribution in [0.2, 0.25) is 0 Å². The normalized spacial score (nSPS) is 11.8. The van der Waals surface area contributed by atoms with Crippen molar-refractivity contribution in [1.29, 1.82) is 0 Å². The van der Waals surface area contributed by atoms with Gasteiger partial charge in [0.15, 0.2) is 5.69 Å². The maximum Gasteiger partial charge on any atom is 0.358 e. The van der Waals surface area contributed by atoms with Crippen LogP contribution in [0.25, 0.3) is 0 Å². The third-order valence-electron chi connectivity index (χ3n) is 2.30. The summed E-state index contributed by atoms with van der Waals surface area (Å²) in [5, 5.41) is 16.7. The van der Waals surface area contributed by atoms with E-state index in [2.05, 4.69) is 10.3 Å². The highest BCUT2D eigenvalue weighted by atomic mass is 16.5. The fourth-order valence-electron chi connectivity index (χ4n) is 1.65. The van der Waals surface area contributed by atoms with Crippen molar-refractivity contribution in [3.05, 3.63) is 11.4 Å². The number of carboxylic acid groups (broad SMARTS) is 1.